The number of rotatable bonds is 5. The highest BCUT2D eigenvalue weighted by molar-refractivity contribution is 7.89. The summed E-state index contributed by atoms with van der Waals surface area (Å²) in [6, 6.07) is 3.79. The zero-order valence-corrected chi connectivity index (χ0v) is 19.5. The molecule has 2 fully saturated rings. The molecule has 176 valence electrons. The van der Waals surface area contributed by atoms with Crippen molar-refractivity contribution in [1.29, 1.82) is 0 Å². The minimum absolute atomic E-state index is 0.0161. The largest absolute Gasteiger partial charge is 0.354 e. The monoisotopic (exact) mass is 496 g/mol. The topological polar surface area (TPSA) is 95.8 Å². The van der Waals surface area contributed by atoms with Crippen LogP contribution >= 0.6 is 11.3 Å². The van der Waals surface area contributed by atoms with Crippen LogP contribution < -0.4 is 9.62 Å². The summed E-state index contributed by atoms with van der Waals surface area (Å²) in [4.78, 5) is 16.7. The highest BCUT2D eigenvalue weighted by Gasteiger charge is 2.60. The van der Waals surface area contributed by atoms with Crippen LogP contribution in [0.3, 0.4) is 0 Å². The first-order chi connectivity index (χ1) is 15.6. The number of hydrogen-bond acceptors (Lipinski definition) is 6. The van der Waals surface area contributed by atoms with E-state index in [0.717, 1.165) is 20.9 Å². The Morgan fingerprint density at radius 1 is 1.33 bits per heavy atom. The summed E-state index contributed by atoms with van der Waals surface area (Å²) in [6.45, 7) is 2.96. The van der Waals surface area contributed by atoms with Gasteiger partial charge in [0.1, 0.15) is 12.1 Å². The number of anilines is 1. The fourth-order valence-electron chi connectivity index (χ4n) is 4.56. The Kier molecular flexibility index (Phi) is 5.22. The van der Waals surface area contributed by atoms with E-state index in [1.54, 1.807) is 17.4 Å². The second kappa shape index (κ2) is 7.74. The van der Waals surface area contributed by atoms with E-state index in [9.17, 15) is 13.2 Å². The molecule has 3 aromatic rings. The molecule has 0 spiro atoms. The molecule has 2 aliphatic heterocycles. The van der Waals surface area contributed by atoms with Crippen molar-refractivity contribution < 1.29 is 26.5 Å². The number of alkyl halides is 2. The Bertz CT molecular complexity index is 1340. The normalized spacial score (nSPS) is 22.8. The van der Waals surface area contributed by atoms with Crippen LogP contribution in [0.5, 0.6) is 0 Å². The predicted molar refractivity (Wildman–Crippen MR) is 121 cm³/mol. The zero-order chi connectivity index (χ0) is 23.5. The van der Waals surface area contributed by atoms with Crippen LogP contribution in [0.15, 0.2) is 34.2 Å². The molecule has 0 saturated carbocycles. The molecule has 2 amide bonds. The van der Waals surface area contributed by atoms with Crippen LogP contribution in [0.25, 0.3) is 21.4 Å². The standard InChI is InChI=1S/C21H22F2N4O4S2/c1-3-33(29,30)25-15-11-27-16(21(15,22)23)7-9-26(20(27)28)19-17-13(18-12(2)8-10-32-18)5-4-6-14(17)31-24-19/h4-6,8,10,15-16,25H,3,7,9,11H2,1-2H3/t15-,16-/m1/s1. The van der Waals surface area contributed by atoms with Gasteiger partial charge in [-0.1, -0.05) is 17.3 Å². The van der Waals surface area contributed by atoms with Crippen LogP contribution in [0, 0.1) is 6.92 Å². The lowest BCUT2D eigenvalue weighted by Crippen LogP contribution is -2.56. The van der Waals surface area contributed by atoms with Crippen LogP contribution in [-0.4, -0.2) is 61.4 Å². The van der Waals surface area contributed by atoms with Gasteiger partial charge in [-0.15, -0.1) is 11.3 Å². The Hall–Kier alpha value is -2.57. The molecular weight excluding hydrogens is 474 g/mol. The van der Waals surface area contributed by atoms with Crippen LogP contribution in [0.4, 0.5) is 19.4 Å². The Morgan fingerprint density at radius 3 is 2.82 bits per heavy atom. The number of fused-ring (bicyclic) bond motifs is 2. The van der Waals surface area contributed by atoms with Crippen molar-refractivity contribution in [1.82, 2.24) is 14.8 Å². The van der Waals surface area contributed by atoms with Crippen molar-refractivity contribution in [3.8, 4) is 10.4 Å². The van der Waals surface area contributed by atoms with Gasteiger partial charge < -0.3 is 9.42 Å². The maximum Gasteiger partial charge on any atom is 0.326 e. The summed E-state index contributed by atoms with van der Waals surface area (Å²) >= 11 is 1.55. The predicted octanol–water partition coefficient (Wildman–Crippen LogP) is 3.82. The smallest absolute Gasteiger partial charge is 0.326 e. The zero-order valence-electron chi connectivity index (χ0n) is 17.9. The highest BCUT2D eigenvalue weighted by atomic mass is 32.2. The van der Waals surface area contributed by atoms with Crippen LogP contribution in [0.1, 0.15) is 18.9 Å². The first-order valence-electron chi connectivity index (χ1n) is 10.5. The molecule has 0 radical (unpaired) electrons. The molecule has 12 heteroatoms. The van der Waals surface area contributed by atoms with Crippen molar-refractivity contribution in [3.05, 3.63) is 35.2 Å². The quantitative estimate of drug-likeness (QED) is 0.579. The molecular formula is C21H22F2N4O4S2. The van der Waals surface area contributed by atoms with Gasteiger partial charge in [0.05, 0.1) is 11.1 Å². The lowest BCUT2D eigenvalue weighted by atomic mass is 10.0. The van der Waals surface area contributed by atoms with Gasteiger partial charge in [0.15, 0.2) is 11.4 Å². The lowest BCUT2D eigenvalue weighted by molar-refractivity contribution is -0.0448. The summed E-state index contributed by atoms with van der Waals surface area (Å²) < 4.78 is 61.5. The minimum atomic E-state index is -3.86. The molecule has 33 heavy (non-hydrogen) atoms. The first-order valence-corrected chi connectivity index (χ1v) is 13.1. The fraction of sp³-hybridized carbons (Fsp3) is 0.429. The Morgan fingerprint density at radius 2 is 2.12 bits per heavy atom. The van der Waals surface area contributed by atoms with E-state index in [2.05, 4.69) is 9.88 Å². The molecule has 2 saturated heterocycles. The number of benzene rings is 1. The molecule has 2 atom stereocenters. The summed E-state index contributed by atoms with van der Waals surface area (Å²) in [5.41, 5.74) is 2.41. The lowest BCUT2D eigenvalue weighted by Gasteiger charge is -2.37. The third-order valence-corrected chi connectivity index (χ3v) is 8.77. The van der Waals surface area contributed by atoms with E-state index >= 15 is 8.78 Å². The third kappa shape index (κ3) is 3.51. The molecule has 0 bridgehead atoms. The highest BCUT2D eigenvalue weighted by Crippen LogP contribution is 2.43. The molecule has 1 N–H and O–H groups in total. The number of hydrogen-bond donors (Lipinski definition) is 1. The van der Waals surface area contributed by atoms with Gasteiger partial charge in [-0.3, -0.25) is 4.90 Å². The van der Waals surface area contributed by atoms with Gasteiger partial charge in [0, 0.05) is 23.5 Å². The van der Waals surface area contributed by atoms with Crippen molar-refractivity contribution in [2.24, 2.45) is 0 Å². The maximum atomic E-state index is 15.0. The average molecular weight is 497 g/mol. The summed E-state index contributed by atoms with van der Waals surface area (Å²) in [7, 11) is -3.86. The number of urea groups is 1. The third-order valence-electron chi connectivity index (χ3n) is 6.31. The number of aryl methyl sites for hydroxylation is 1. The van der Waals surface area contributed by atoms with Gasteiger partial charge in [0.2, 0.25) is 10.0 Å². The number of sulfonamides is 1. The number of nitrogens with zero attached hydrogens (tertiary/aromatic N) is 3. The molecule has 0 unspecified atom stereocenters. The van der Waals surface area contributed by atoms with E-state index in [-0.39, 0.29) is 24.5 Å². The van der Waals surface area contributed by atoms with Gasteiger partial charge in [-0.05, 0) is 43.3 Å². The number of carbonyl (C=O) groups excluding carboxylic acids is 1. The van der Waals surface area contributed by atoms with Gasteiger partial charge in [-0.2, -0.15) is 0 Å². The van der Waals surface area contributed by atoms with E-state index in [1.165, 1.54) is 11.8 Å². The average Bonchev–Trinajstić information content (AvgIpc) is 3.46. The van der Waals surface area contributed by atoms with E-state index < -0.39 is 40.6 Å². The molecule has 2 aliphatic rings. The number of carbonyl (C=O) groups is 1. The minimum Gasteiger partial charge on any atom is -0.354 e. The number of thiophene rings is 1. The van der Waals surface area contributed by atoms with E-state index in [1.807, 2.05) is 30.5 Å². The number of nitrogens with one attached hydrogen (secondary N) is 1. The molecule has 0 aliphatic carbocycles. The molecule has 1 aromatic carbocycles. The van der Waals surface area contributed by atoms with Crippen LogP contribution in [-0.2, 0) is 10.0 Å². The molecule has 8 nitrogen and oxygen atoms in total. The summed E-state index contributed by atoms with van der Waals surface area (Å²) in [5.74, 6) is -3.42. The van der Waals surface area contributed by atoms with Crippen molar-refractivity contribution >= 4 is 44.2 Å². The van der Waals surface area contributed by atoms with Gasteiger partial charge in [0.25, 0.3) is 5.92 Å². The number of amides is 2. The van der Waals surface area contributed by atoms with Crippen molar-refractivity contribution in [2.75, 3.05) is 23.7 Å². The molecule has 4 heterocycles. The second-order valence-electron chi connectivity index (χ2n) is 8.26. The van der Waals surface area contributed by atoms with Crippen LogP contribution in [0.2, 0.25) is 0 Å². The SMILES string of the molecule is CCS(=O)(=O)N[C@@H]1CN2C(=O)N(c3noc4cccc(-c5sccc5C)c34)CC[C@@H]2C1(F)F. The first kappa shape index (κ1) is 22.2. The van der Waals surface area contributed by atoms with Crippen molar-refractivity contribution in [2.45, 2.75) is 38.3 Å². The van der Waals surface area contributed by atoms with E-state index in [4.69, 9.17) is 4.52 Å². The van der Waals surface area contributed by atoms with Gasteiger partial charge >= 0.3 is 6.03 Å². The number of halogens is 2. The summed E-state index contributed by atoms with van der Waals surface area (Å²) in [5, 5.41) is 6.73. The molecule has 5 rings (SSSR count). The maximum absolute atomic E-state index is 15.0. The van der Waals surface area contributed by atoms with E-state index in [0.29, 0.717) is 11.0 Å². The Labute approximate surface area is 193 Å². The fourth-order valence-corrected chi connectivity index (χ4v) is 6.35. The second-order valence-corrected chi connectivity index (χ2v) is 11.2. The summed E-state index contributed by atoms with van der Waals surface area (Å²) in [6.07, 6.45) is -0.0301. The number of aromatic nitrogens is 1. The van der Waals surface area contributed by atoms with Gasteiger partial charge in [-0.25, -0.2) is 26.7 Å². The molecule has 2 aromatic heterocycles. The Balaban J connectivity index is 1.51. The van der Waals surface area contributed by atoms with Crippen molar-refractivity contribution in [3.63, 3.8) is 0 Å².